The van der Waals surface area contributed by atoms with E-state index in [-0.39, 0.29) is 72.0 Å². The molecule has 0 unspecified atom stereocenters. The van der Waals surface area contributed by atoms with E-state index >= 15 is 0 Å². The predicted molar refractivity (Wildman–Crippen MR) is 174 cm³/mol. The molecule has 2 aliphatic carbocycles. The van der Waals surface area contributed by atoms with Gasteiger partial charge in [0, 0.05) is 54.5 Å². The van der Waals surface area contributed by atoms with Crippen LogP contribution in [0.1, 0.15) is 66.7 Å². The zero-order valence-corrected chi connectivity index (χ0v) is 26.2. The van der Waals surface area contributed by atoms with Crippen LogP contribution in [0.2, 0.25) is 0 Å². The van der Waals surface area contributed by atoms with Gasteiger partial charge in [0.2, 0.25) is 0 Å². The Morgan fingerprint density at radius 2 is 1.76 bits per heavy atom. The Labute approximate surface area is 270 Å². The Morgan fingerprint density at radius 3 is 2.50 bits per heavy atom. The van der Waals surface area contributed by atoms with Crippen LogP contribution < -0.4 is 10.1 Å². The summed E-state index contributed by atoms with van der Waals surface area (Å²) in [4.78, 5) is 14.0. The maximum atomic E-state index is 14.0. The van der Waals surface area contributed by atoms with E-state index in [1.54, 1.807) is 12.1 Å². The van der Waals surface area contributed by atoms with Crippen LogP contribution in [0, 0.1) is 29.6 Å². The lowest BCUT2D eigenvalue weighted by Gasteiger charge is -2.56. The largest absolute Gasteiger partial charge is 0.504 e. The van der Waals surface area contributed by atoms with Crippen LogP contribution in [0.4, 0.5) is 0 Å². The molecule has 0 amide bonds. The number of nitrogens with one attached hydrogen (secondary N) is 1. The summed E-state index contributed by atoms with van der Waals surface area (Å²) in [6, 6.07) is 18.1. The minimum Gasteiger partial charge on any atom is -0.504 e. The third-order valence-electron chi connectivity index (χ3n) is 10.6. The van der Waals surface area contributed by atoms with E-state index in [4.69, 9.17) is 4.74 Å². The summed E-state index contributed by atoms with van der Waals surface area (Å²) in [5, 5.41) is 57.3. The average molecular weight is 626 g/mol. The highest BCUT2D eigenvalue weighted by atomic mass is 16.5. The van der Waals surface area contributed by atoms with E-state index in [9.17, 15) is 30.3 Å². The molecule has 1 saturated carbocycles. The van der Waals surface area contributed by atoms with Crippen LogP contribution in [0.5, 0.6) is 23.0 Å². The number of piperidine rings is 1. The maximum absolute atomic E-state index is 14.0. The molecule has 3 aromatic carbocycles. The normalized spacial score (nSPS) is 29.5. The number of phenolic OH excluding ortho intramolecular Hbond substituents is 3. The van der Waals surface area contributed by atoms with Crippen LogP contribution in [-0.4, -0.2) is 57.1 Å². The predicted octanol–water partition coefficient (Wildman–Crippen LogP) is 4.69. The first-order valence-electron chi connectivity index (χ1n) is 16.3. The van der Waals surface area contributed by atoms with Crippen molar-refractivity contribution in [3.05, 3.63) is 82.9 Å². The molecule has 0 aromatic heterocycles. The molecule has 0 spiro atoms. The van der Waals surface area contributed by atoms with E-state index in [0.717, 1.165) is 36.8 Å². The number of aromatic hydroxyl groups is 3. The Morgan fingerprint density at radius 1 is 0.957 bits per heavy atom. The summed E-state index contributed by atoms with van der Waals surface area (Å²) in [7, 11) is 1.46. The van der Waals surface area contributed by atoms with Crippen molar-refractivity contribution in [1.29, 1.82) is 0 Å². The van der Waals surface area contributed by atoms with Crippen molar-refractivity contribution < 1.29 is 35.1 Å². The molecule has 242 valence electrons. The van der Waals surface area contributed by atoms with Gasteiger partial charge in [0.25, 0.3) is 0 Å². The van der Waals surface area contributed by atoms with E-state index in [1.807, 2.05) is 36.4 Å². The molecule has 8 heteroatoms. The van der Waals surface area contributed by atoms with Gasteiger partial charge < -0.3 is 35.6 Å². The second kappa shape index (κ2) is 13.4. The number of rotatable bonds is 6. The SMILES string of the molecule is COc1cc([C@@H]2CC(=O)C[C@H](O)[C@@H]3[C@H](C#C[C@H]2Cc2ccccc2)CN[C@H]2CCCC[C@@]32c2ccc(O)c(O)c2)c(CO)cc1O. The summed E-state index contributed by atoms with van der Waals surface area (Å²) >= 11 is 0. The van der Waals surface area contributed by atoms with Crippen LogP contribution >= 0.6 is 0 Å². The lowest BCUT2D eigenvalue weighted by molar-refractivity contribution is -0.124. The van der Waals surface area contributed by atoms with Gasteiger partial charge >= 0.3 is 0 Å². The number of ether oxygens (including phenoxy) is 1. The van der Waals surface area contributed by atoms with Crippen molar-refractivity contribution in [2.75, 3.05) is 13.7 Å². The number of hydrogen-bond donors (Lipinski definition) is 6. The number of aliphatic hydroxyl groups excluding tert-OH is 2. The highest BCUT2D eigenvalue weighted by Crippen LogP contribution is 2.53. The summed E-state index contributed by atoms with van der Waals surface area (Å²) in [6.07, 6.45) is 3.23. The third kappa shape index (κ3) is 5.95. The molecule has 3 aliphatic rings. The first kappa shape index (κ1) is 31.9. The fourth-order valence-corrected chi connectivity index (χ4v) is 8.55. The van der Waals surface area contributed by atoms with Crippen molar-refractivity contribution in [2.45, 2.75) is 75.0 Å². The van der Waals surface area contributed by atoms with Crippen molar-refractivity contribution in [1.82, 2.24) is 5.32 Å². The van der Waals surface area contributed by atoms with Gasteiger partial charge in [-0.15, -0.1) is 0 Å². The molecule has 2 fully saturated rings. The van der Waals surface area contributed by atoms with E-state index in [1.165, 1.54) is 19.2 Å². The molecule has 1 aliphatic heterocycles. The number of carbonyl (C=O) groups is 1. The first-order chi connectivity index (χ1) is 22.2. The standard InChI is InChI=1S/C38H43NO7/c1-46-35-20-30(26(22-40)16-33(35)44)29-18-28(41)19-34(45)37-25(11-10-24(29)15-23-7-3-2-4-8-23)21-39-36-9-5-6-14-38(36,37)27-12-13-31(42)32(43)17-27/h2-4,7-8,12-13,16-17,20,24-25,29,34,36-37,39-40,42-45H,5-6,9,14-15,18-19,21-22H2,1H3/t24-,25+,29+,34-,36-,37-,38-/m0/s1. The van der Waals surface area contributed by atoms with Crippen molar-refractivity contribution >= 4 is 5.78 Å². The molecule has 8 nitrogen and oxygen atoms in total. The summed E-state index contributed by atoms with van der Waals surface area (Å²) in [5.74, 6) is 5.42. The molecular formula is C38H43NO7. The number of aliphatic hydroxyl groups is 2. The second-order valence-electron chi connectivity index (χ2n) is 13.2. The average Bonchev–Trinajstić information content (AvgIpc) is 3.06. The van der Waals surface area contributed by atoms with Gasteiger partial charge in [-0.05, 0) is 65.8 Å². The minimum absolute atomic E-state index is 0.0189. The number of benzene rings is 3. The first-order valence-corrected chi connectivity index (χ1v) is 16.3. The zero-order valence-electron chi connectivity index (χ0n) is 26.2. The monoisotopic (exact) mass is 625 g/mol. The van der Waals surface area contributed by atoms with Crippen molar-refractivity contribution in [3.8, 4) is 34.8 Å². The van der Waals surface area contributed by atoms with Gasteiger partial charge in [-0.2, -0.15) is 0 Å². The quantitative estimate of drug-likeness (QED) is 0.171. The van der Waals surface area contributed by atoms with Crippen molar-refractivity contribution in [3.63, 3.8) is 0 Å². The van der Waals surface area contributed by atoms with E-state index < -0.39 is 17.4 Å². The Kier molecular flexibility index (Phi) is 9.28. The van der Waals surface area contributed by atoms with Gasteiger partial charge in [0.1, 0.15) is 5.78 Å². The van der Waals surface area contributed by atoms with Crippen LogP contribution in [-0.2, 0) is 23.2 Å². The van der Waals surface area contributed by atoms with Crippen molar-refractivity contribution in [2.24, 2.45) is 17.8 Å². The number of methoxy groups -OCH3 is 1. The lowest BCUT2D eigenvalue weighted by atomic mass is 9.52. The lowest BCUT2D eigenvalue weighted by Crippen LogP contribution is -2.65. The molecule has 6 N–H and O–H groups in total. The number of phenols is 3. The number of ketones is 1. The molecule has 0 radical (unpaired) electrons. The molecule has 0 bridgehead atoms. The number of carbonyl (C=O) groups excluding carboxylic acids is 1. The number of Topliss-reactive ketones (excluding diaryl/α,β-unsaturated/α-hetero) is 1. The second-order valence-corrected chi connectivity index (χ2v) is 13.2. The van der Waals surface area contributed by atoms with E-state index in [2.05, 4.69) is 17.2 Å². The fraction of sp³-hybridized carbons (Fsp3) is 0.447. The van der Waals surface area contributed by atoms with Gasteiger partial charge in [0.15, 0.2) is 23.0 Å². The highest BCUT2D eigenvalue weighted by molar-refractivity contribution is 5.80. The molecule has 6 rings (SSSR count). The summed E-state index contributed by atoms with van der Waals surface area (Å²) in [6.45, 7) is 0.223. The zero-order chi connectivity index (χ0) is 32.4. The van der Waals surface area contributed by atoms with Crippen LogP contribution in [0.25, 0.3) is 0 Å². The fourth-order valence-electron chi connectivity index (χ4n) is 8.55. The molecular weight excluding hydrogens is 582 g/mol. The molecule has 3 aromatic rings. The topological polar surface area (TPSA) is 139 Å². The van der Waals surface area contributed by atoms with Gasteiger partial charge in [-0.1, -0.05) is 61.1 Å². The summed E-state index contributed by atoms with van der Waals surface area (Å²) < 4.78 is 5.43. The van der Waals surface area contributed by atoms with Gasteiger partial charge in [-0.3, -0.25) is 4.79 Å². The van der Waals surface area contributed by atoms with Crippen LogP contribution in [0.3, 0.4) is 0 Å². The van der Waals surface area contributed by atoms with Crippen LogP contribution in [0.15, 0.2) is 60.7 Å². The Hall–Kier alpha value is -4.03. The smallest absolute Gasteiger partial charge is 0.160 e. The molecule has 1 saturated heterocycles. The Balaban J connectivity index is 1.50. The van der Waals surface area contributed by atoms with E-state index in [0.29, 0.717) is 24.1 Å². The number of fused-ring (bicyclic) bond motifs is 3. The minimum atomic E-state index is -0.983. The van der Waals surface area contributed by atoms with Gasteiger partial charge in [0.05, 0.1) is 19.8 Å². The van der Waals surface area contributed by atoms with Gasteiger partial charge in [-0.25, -0.2) is 0 Å². The molecule has 7 atom stereocenters. The Bertz CT molecular complexity index is 1630. The highest BCUT2D eigenvalue weighted by Gasteiger charge is 2.56. The third-order valence-corrected chi connectivity index (χ3v) is 10.6. The molecule has 46 heavy (non-hydrogen) atoms. The maximum Gasteiger partial charge on any atom is 0.160 e. The number of hydrogen-bond acceptors (Lipinski definition) is 8. The molecule has 1 heterocycles. The summed E-state index contributed by atoms with van der Waals surface area (Å²) in [5.41, 5.74) is 2.50.